The van der Waals surface area contributed by atoms with Crippen molar-refractivity contribution in [3.8, 4) is 11.8 Å². The zero-order valence-corrected chi connectivity index (χ0v) is 19.1. The second kappa shape index (κ2) is 7.59. The largest absolute Gasteiger partial charge is 0.738 e. The topological polar surface area (TPSA) is 11.2 Å². The van der Waals surface area contributed by atoms with Gasteiger partial charge in [0.2, 0.25) is 0 Å². The molecule has 7 heteroatoms. The average molecular weight is 470 g/mol. The molecule has 0 bridgehead atoms. The third-order valence-electron chi connectivity index (χ3n) is 5.78. The second-order valence-corrected chi connectivity index (χ2v) is 8.27. The first-order valence-electron chi connectivity index (χ1n) is 10.1. The second-order valence-electron chi connectivity index (χ2n) is 7.48. The molecule has 3 nitrogen and oxygen atoms in total. The first-order valence-corrected chi connectivity index (χ1v) is 10.9. The van der Waals surface area contributed by atoms with Crippen molar-refractivity contribution in [1.82, 2.24) is 4.48 Å². The van der Waals surface area contributed by atoms with Crippen LogP contribution in [0, 0.1) is 11.8 Å². The Morgan fingerprint density at radius 2 is 1.77 bits per heavy atom. The van der Waals surface area contributed by atoms with Crippen LogP contribution in [0.1, 0.15) is 44.5 Å². The van der Waals surface area contributed by atoms with E-state index in [2.05, 4.69) is 27.8 Å². The first kappa shape index (κ1) is 20.7. The SMILES string of the molecule is CCN(CC)c1c(C#Cc2ccccc2)cc2n1[B-](F)(F)[N+]1=C(C)C(Br)=C(C)C1=C2. The Balaban J connectivity index is 1.97. The minimum absolute atomic E-state index is 0.479. The molecule has 4 rings (SSSR count). The number of anilines is 1. The van der Waals surface area contributed by atoms with Crippen LogP contribution < -0.4 is 4.90 Å². The van der Waals surface area contributed by atoms with Crippen LogP contribution in [0.4, 0.5) is 14.4 Å². The van der Waals surface area contributed by atoms with E-state index in [1.54, 1.807) is 13.0 Å². The van der Waals surface area contributed by atoms with Gasteiger partial charge < -0.3 is 22.5 Å². The predicted octanol–water partition coefficient (Wildman–Crippen LogP) is 5.47. The van der Waals surface area contributed by atoms with E-state index >= 15 is 8.63 Å². The molecule has 2 aliphatic heterocycles. The fourth-order valence-electron chi connectivity index (χ4n) is 4.26. The van der Waals surface area contributed by atoms with Crippen LogP contribution in [0.25, 0.3) is 6.08 Å². The summed E-state index contributed by atoms with van der Waals surface area (Å²) in [6.07, 6.45) is 1.84. The van der Waals surface area contributed by atoms with Crippen molar-refractivity contribution >= 4 is 40.5 Å². The molecular formula is C23H23BBrF2N3. The highest BCUT2D eigenvalue weighted by Gasteiger charge is 2.55. The minimum atomic E-state index is -4.06. The van der Waals surface area contributed by atoms with Gasteiger partial charge in [0.25, 0.3) is 0 Å². The molecule has 0 amide bonds. The van der Waals surface area contributed by atoms with E-state index < -0.39 is 6.97 Å². The van der Waals surface area contributed by atoms with Crippen LogP contribution in [0.2, 0.25) is 0 Å². The number of hydrogen-bond acceptors (Lipinski definition) is 1. The van der Waals surface area contributed by atoms with Crippen molar-refractivity contribution < 1.29 is 13.1 Å². The maximum absolute atomic E-state index is 16.0. The number of aromatic nitrogens is 1. The molecule has 154 valence electrons. The van der Waals surface area contributed by atoms with Crippen LogP contribution in [0.5, 0.6) is 0 Å². The maximum Gasteiger partial charge on any atom is 0.738 e. The third-order valence-corrected chi connectivity index (χ3v) is 6.94. The summed E-state index contributed by atoms with van der Waals surface area (Å²) in [5.74, 6) is 6.77. The molecule has 2 aromatic rings. The van der Waals surface area contributed by atoms with Crippen molar-refractivity contribution in [3.63, 3.8) is 0 Å². The number of rotatable bonds is 3. The lowest BCUT2D eigenvalue weighted by atomic mass is 9.90. The lowest BCUT2D eigenvalue weighted by Crippen LogP contribution is -2.51. The summed E-state index contributed by atoms with van der Waals surface area (Å²) in [6.45, 7) is 4.72. The minimum Gasteiger partial charge on any atom is -0.389 e. The molecule has 1 aromatic carbocycles. The molecule has 30 heavy (non-hydrogen) atoms. The molecule has 0 fully saturated rings. The molecule has 0 spiro atoms. The van der Waals surface area contributed by atoms with E-state index in [0.717, 1.165) is 15.6 Å². The molecule has 2 aliphatic rings. The standard InChI is InChI=1S/C23H23BBrF2N3/c1-5-28(6-2)23-19(13-12-18-10-8-7-9-11-18)14-20-15-21-16(3)22(25)17(4)29(21)24(26,27)30(20)23/h7-11,14-15H,5-6H2,1-4H3. The van der Waals surface area contributed by atoms with E-state index in [1.807, 2.05) is 62.1 Å². The van der Waals surface area contributed by atoms with E-state index in [1.165, 1.54) is 8.96 Å². The van der Waals surface area contributed by atoms with Gasteiger partial charge in [-0.25, -0.2) is 0 Å². The summed E-state index contributed by atoms with van der Waals surface area (Å²) in [7, 11) is 0. The highest BCUT2D eigenvalue weighted by Crippen LogP contribution is 2.42. The summed E-state index contributed by atoms with van der Waals surface area (Å²) in [5.41, 5.74) is 3.86. The monoisotopic (exact) mass is 469 g/mol. The molecule has 0 atom stereocenters. The summed E-state index contributed by atoms with van der Waals surface area (Å²) in [6, 6.07) is 11.4. The number of allylic oxidation sites excluding steroid dienone is 2. The normalized spacial score (nSPS) is 16.7. The molecule has 1 aromatic heterocycles. The molecule has 0 unspecified atom stereocenters. The Hall–Kier alpha value is -2.59. The van der Waals surface area contributed by atoms with Crippen molar-refractivity contribution in [2.24, 2.45) is 0 Å². The molecular weight excluding hydrogens is 447 g/mol. The van der Waals surface area contributed by atoms with E-state index in [4.69, 9.17) is 0 Å². The highest BCUT2D eigenvalue weighted by molar-refractivity contribution is 9.12. The fourth-order valence-corrected chi connectivity index (χ4v) is 4.65. The van der Waals surface area contributed by atoms with Crippen LogP contribution in [-0.4, -0.2) is 34.7 Å². The van der Waals surface area contributed by atoms with Crippen molar-refractivity contribution in [2.75, 3.05) is 18.0 Å². The third kappa shape index (κ3) is 3.06. The van der Waals surface area contributed by atoms with Crippen LogP contribution in [0.15, 0.2) is 52.2 Å². The molecule has 3 heterocycles. The maximum atomic E-state index is 16.0. The van der Waals surface area contributed by atoms with E-state index in [9.17, 15) is 0 Å². The predicted molar refractivity (Wildman–Crippen MR) is 124 cm³/mol. The zero-order valence-electron chi connectivity index (χ0n) is 17.5. The van der Waals surface area contributed by atoms with Gasteiger partial charge in [0.05, 0.1) is 15.9 Å². The summed E-state index contributed by atoms with van der Waals surface area (Å²) in [5, 5.41) is 0. The first-order chi connectivity index (χ1) is 14.3. The Kier molecular flexibility index (Phi) is 5.23. The summed E-state index contributed by atoms with van der Waals surface area (Å²) < 4.78 is 35.1. The van der Waals surface area contributed by atoms with Gasteiger partial charge in [0, 0.05) is 42.9 Å². The summed E-state index contributed by atoms with van der Waals surface area (Å²) in [4.78, 5) is 1.95. The number of halogens is 3. The van der Waals surface area contributed by atoms with Gasteiger partial charge in [0.1, 0.15) is 5.71 Å². The summed E-state index contributed by atoms with van der Waals surface area (Å²) >= 11 is 3.48. The average Bonchev–Trinajstić information content (AvgIpc) is 3.20. The Labute approximate surface area is 184 Å². The van der Waals surface area contributed by atoms with Gasteiger partial charge in [0.15, 0.2) is 5.70 Å². The Bertz CT molecular complexity index is 1180. The van der Waals surface area contributed by atoms with Crippen LogP contribution in [0.3, 0.4) is 0 Å². The number of benzene rings is 1. The number of hydrogen-bond donors (Lipinski definition) is 0. The van der Waals surface area contributed by atoms with Gasteiger partial charge >= 0.3 is 6.97 Å². The van der Waals surface area contributed by atoms with Crippen molar-refractivity contribution in [1.29, 1.82) is 0 Å². The molecule has 0 radical (unpaired) electrons. The molecule has 0 saturated carbocycles. The van der Waals surface area contributed by atoms with Gasteiger partial charge in [-0.2, -0.15) is 0 Å². The Morgan fingerprint density at radius 3 is 2.40 bits per heavy atom. The number of fused-ring (bicyclic) bond motifs is 2. The fraction of sp³-hybridized carbons (Fsp3) is 0.261. The van der Waals surface area contributed by atoms with E-state index in [-0.39, 0.29) is 0 Å². The number of nitrogens with zero attached hydrogens (tertiary/aromatic N) is 3. The molecule has 0 N–H and O–H groups in total. The smallest absolute Gasteiger partial charge is 0.389 e. The molecule has 0 aliphatic carbocycles. The Morgan fingerprint density at radius 1 is 1.10 bits per heavy atom. The van der Waals surface area contributed by atoms with Gasteiger partial charge in [-0.1, -0.05) is 30.0 Å². The van der Waals surface area contributed by atoms with E-state index in [0.29, 0.717) is 41.6 Å². The van der Waals surface area contributed by atoms with Crippen LogP contribution in [-0.2, 0) is 0 Å². The molecule has 0 saturated heterocycles. The van der Waals surface area contributed by atoms with Gasteiger partial charge in [-0.05, 0) is 54.9 Å². The quantitative estimate of drug-likeness (QED) is 0.428. The lowest BCUT2D eigenvalue weighted by Gasteiger charge is -2.34. The van der Waals surface area contributed by atoms with Gasteiger partial charge in [-0.3, -0.25) is 0 Å². The van der Waals surface area contributed by atoms with Gasteiger partial charge in [-0.15, -0.1) is 0 Å². The zero-order chi connectivity index (χ0) is 21.6. The highest BCUT2D eigenvalue weighted by atomic mass is 79.9. The van der Waals surface area contributed by atoms with Crippen molar-refractivity contribution in [2.45, 2.75) is 27.7 Å². The van der Waals surface area contributed by atoms with Crippen LogP contribution >= 0.6 is 15.9 Å². The lowest BCUT2D eigenvalue weighted by molar-refractivity contribution is -0.362. The van der Waals surface area contributed by atoms with Crippen molar-refractivity contribution in [3.05, 3.63) is 69.0 Å².